The largest absolute Gasteiger partial charge is 0.353 e. The molecule has 3 N–H and O–H groups in total. The van der Waals surface area contributed by atoms with Crippen LogP contribution in [-0.2, 0) is 0 Å². The summed E-state index contributed by atoms with van der Waals surface area (Å²) in [6.07, 6.45) is 0.917. The van der Waals surface area contributed by atoms with Crippen LogP contribution in [0.3, 0.4) is 0 Å². The van der Waals surface area contributed by atoms with Crippen molar-refractivity contribution in [1.82, 2.24) is 5.32 Å². The molecule has 0 amide bonds. The normalized spacial score (nSPS) is 15.3. The first-order chi connectivity index (χ1) is 4.52. The zero-order valence-electron chi connectivity index (χ0n) is 6.59. The summed E-state index contributed by atoms with van der Waals surface area (Å²) in [5.74, 6) is -1.73. The lowest BCUT2D eigenvalue weighted by Crippen LogP contribution is -2.48. The van der Waals surface area contributed by atoms with Gasteiger partial charge in [-0.1, -0.05) is 13.8 Å². The van der Waals surface area contributed by atoms with Crippen LogP contribution in [0.4, 0.5) is 0 Å². The lowest BCUT2D eigenvalue weighted by Gasteiger charge is -2.24. The third-order valence-electron chi connectivity index (χ3n) is 1.40. The summed E-state index contributed by atoms with van der Waals surface area (Å²) >= 11 is 0. The molecule has 1 unspecified atom stereocenters. The van der Waals surface area contributed by atoms with Gasteiger partial charge in [0.25, 0.3) is 0 Å². The van der Waals surface area contributed by atoms with Crippen molar-refractivity contribution in [1.29, 1.82) is 0 Å². The first kappa shape index (κ1) is 9.88. The van der Waals surface area contributed by atoms with Gasteiger partial charge >= 0.3 is 0 Å². The molecule has 0 aliphatic heterocycles. The van der Waals surface area contributed by atoms with Crippen LogP contribution in [0.5, 0.6) is 0 Å². The predicted octanol–water partition coefficient (Wildman–Crippen LogP) is 0.237. The fourth-order valence-corrected chi connectivity index (χ4v) is 0.569. The Morgan fingerprint density at radius 3 is 2.40 bits per heavy atom. The Hall–Kier alpha value is -0.120. The van der Waals surface area contributed by atoms with Gasteiger partial charge in [-0.25, -0.2) is 0 Å². The minimum absolute atomic E-state index is 0.0370. The molecule has 0 aromatic rings. The molecule has 1 radical (unpaired) electrons. The Morgan fingerprint density at radius 1 is 1.60 bits per heavy atom. The van der Waals surface area contributed by atoms with E-state index >= 15 is 0 Å². The zero-order valence-corrected chi connectivity index (χ0v) is 6.59. The highest BCUT2D eigenvalue weighted by Gasteiger charge is 2.20. The molecule has 1 atom stereocenters. The predicted molar refractivity (Wildman–Crippen MR) is 40.0 cm³/mol. The number of rotatable bonds is 4. The summed E-state index contributed by atoms with van der Waals surface area (Å²) in [7, 11) is 0. The second-order valence-electron chi connectivity index (χ2n) is 2.50. The summed E-state index contributed by atoms with van der Waals surface area (Å²) in [5.41, 5.74) is 0. The van der Waals surface area contributed by atoms with E-state index in [9.17, 15) is 0 Å². The van der Waals surface area contributed by atoms with E-state index in [2.05, 4.69) is 12.2 Å². The van der Waals surface area contributed by atoms with Crippen LogP contribution >= 0.6 is 0 Å². The summed E-state index contributed by atoms with van der Waals surface area (Å²) in [4.78, 5) is 0. The van der Waals surface area contributed by atoms with Gasteiger partial charge in [-0.3, -0.25) is 5.32 Å². The standard InChI is InChI=1S/C7H16NO2/c1-4-6(3)8-7(9,10)5-2/h6,8-10H,1,4-5H2,2-3H3. The van der Waals surface area contributed by atoms with Crippen molar-refractivity contribution < 1.29 is 10.2 Å². The van der Waals surface area contributed by atoms with E-state index in [1.165, 1.54) is 0 Å². The highest BCUT2D eigenvalue weighted by atomic mass is 16.5. The van der Waals surface area contributed by atoms with Crippen molar-refractivity contribution in [2.45, 2.75) is 38.6 Å². The van der Waals surface area contributed by atoms with E-state index in [1.54, 1.807) is 6.92 Å². The highest BCUT2D eigenvalue weighted by Crippen LogP contribution is 2.02. The molecule has 0 fully saturated rings. The number of hydrogen-bond acceptors (Lipinski definition) is 3. The third kappa shape index (κ3) is 3.82. The van der Waals surface area contributed by atoms with E-state index in [0.29, 0.717) is 6.42 Å². The smallest absolute Gasteiger partial charge is 0.222 e. The molecule has 0 aliphatic carbocycles. The van der Waals surface area contributed by atoms with Crippen LogP contribution in [0.1, 0.15) is 26.7 Å². The Labute approximate surface area is 62.1 Å². The third-order valence-corrected chi connectivity index (χ3v) is 1.40. The maximum atomic E-state index is 9.04. The molecule has 0 saturated heterocycles. The molecule has 0 saturated carbocycles. The molecule has 3 nitrogen and oxygen atoms in total. The average Bonchev–Trinajstić information content (AvgIpc) is 1.87. The van der Waals surface area contributed by atoms with Gasteiger partial charge in [-0.2, -0.15) is 0 Å². The van der Waals surface area contributed by atoms with E-state index in [4.69, 9.17) is 10.2 Å². The Kier molecular flexibility index (Phi) is 3.86. The summed E-state index contributed by atoms with van der Waals surface area (Å²) < 4.78 is 0. The van der Waals surface area contributed by atoms with E-state index in [0.717, 1.165) is 0 Å². The quantitative estimate of drug-likeness (QED) is 0.498. The van der Waals surface area contributed by atoms with Crippen molar-refractivity contribution in [3.63, 3.8) is 0 Å². The van der Waals surface area contributed by atoms with Crippen molar-refractivity contribution in [3.05, 3.63) is 6.92 Å². The van der Waals surface area contributed by atoms with Crippen molar-refractivity contribution in [2.24, 2.45) is 0 Å². The Balaban J connectivity index is 3.64. The molecular formula is C7H16NO2. The van der Waals surface area contributed by atoms with Gasteiger partial charge in [0.2, 0.25) is 5.91 Å². The molecule has 0 rings (SSSR count). The van der Waals surface area contributed by atoms with E-state index < -0.39 is 5.91 Å². The molecule has 0 aromatic heterocycles. The molecule has 0 spiro atoms. The number of nitrogens with one attached hydrogen (secondary N) is 1. The maximum absolute atomic E-state index is 9.04. The zero-order chi connectivity index (χ0) is 8.20. The van der Waals surface area contributed by atoms with Crippen molar-refractivity contribution in [3.8, 4) is 0 Å². The number of aliphatic hydroxyl groups is 2. The van der Waals surface area contributed by atoms with Gasteiger partial charge < -0.3 is 10.2 Å². The lowest BCUT2D eigenvalue weighted by molar-refractivity contribution is -0.191. The first-order valence-electron chi connectivity index (χ1n) is 3.53. The molecule has 0 aliphatic rings. The fourth-order valence-electron chi connectivity index (χ4n) is 0.569. The molecule has 0 bridgehead atoms. The first-order valence-corrected chi connectivity index (χ1v) is 3.53. The summed E-state index contributed by atoms with van der Waals surface area (Å²) in [5, 5.41) is 20.7. The SMILES string of the molecule is [CH2]CC(C)NC(O)(O)CC. The lowest BCUT2D eigenvalue weighted by atomic mass is 10.2. The molecule has 0 heterocycles. The second kappa shape index (κ2) is 3.91. The van der Waals surface area contributed by atoms with E-state index in [1.807, 2.05) is 6.92 Å². The molecular weight excluding hydrogens is 130 g/mol. The number of hydrogen-bond donors (Lipinski definition) is 3. The van der Waals surface area contributed by atoms with Crippen LogP contribution in [0.15, 0.2) is 0 Å². The monoisotopic (exact) mass is 146 g/mol. The van der Waals surface area contributed by atoms with Crippen molar-refractivity contribution >= 4 is 0 Å². The molecule has 3 heteroatoms. The van der Waals surface area contributed by atoms with Crippen LogP contribution in [0.25, 0.3) is 0 Å². The minimum Gasteiger partial charge on any atom is -0.353 e. The van der Waals surface area contributed by atoms with Crippen LogP contribution in [0, 0.1) is 6.92 Å². The summed E-state index contributed by atoms with van der Waals surface area (Å²) in [6.45, 7) is 7.17. The second-order valence-corrected chi connectivity index (χ2v) is 2.50. The molecule has 61 valence electrons. The van der Waals surface area contributed by atoms with Gasteiger partial charge in [0, 0.05) is 12.5 Å². The molecule has 0 aromatic carbocycles. The van der Waals surface area contributed by atoms with Crippen molar-refractivity contribution in [2.75, 3.05) is 0 Å². The molecule has 10 heavy (non-hydrogen) atoms. The van der Waals surface area contributed by atoms with Gasteiger partial charge in [0.15, 0.2) is 0 Å². The van der Waals surface area contributed by atoms with Gasteiger partial charge in [-0.15, -0.1) is 0 Å². The van der Waals surface area contributed by atoms with Gasteiger partial charge in [0.1, 0.15) is 0 Å². The van der Waals surface area contributed by atoms with Crippen LogP contribution in [0.2, 0.25) is 0 Å². The van der Waals surface area contributed by atoms with Gasteiger partial charge in [0.05, 0.1) is 0 Å². The summed E-state index contributed by atoms with van der Waals surface area (Å²) in [6, 6.07) is 0.0370. The van der Waals surface area contributed by atoms with Gasteiger partial charge in [-0.05, 0) is 13.3 Å². The highest BCUT2D eigenvalue weighted by molar-refractivity contribution is 4.67. The average molecular weight is 146 g/mol. The fraction of sp³-hybridized carbons (Fsp3) is 0.857. The Bertz CT molecular complexity index is 93.6. The van der Waals surface area contributed by atoms with Crippen LogP contribution < -0.4 is 5.32 Å². The topological polar surface area (TPSA) is 52.5 Å². The minimum atomic E-state index is -1.73. The Morgan fingerprint density at radius 2 is 2.10 bits per heavy atom. The maximum Gasteiger partial charge on any atom is 0.222 e. The van der Waals surface area contributed by atoms with Crippen LogP contribution in [-0.4, -0.2) is 22.2 Å². The van der Waals surface area contributed by atoms with E-state index in [-0.39, 0.29) is 12.5 Å².